The third kappa shape index (κ3) is 2.62. The van der Waals surface area contributed by atoms with E-state index in [1.807, 2.05) is 6.92 Å². The highest BCUT2D eigenvalue weighted by Gasteiger charge is 2.25. The Morgan fingerprint density at radius 1 is 1.47 bits per heavy atom. The van der Waals surface area contributed by atoms with Crippen LogP contribution in [0.5, 0.6) is 0 Å². The molecule has 4 heteroatoms. The Hall–Kier alpha value is -1.45. The van der Waals surface area contributed by atoms with E-state index in [0.29, 0.717) is 6.54 Å². The molecule has 1 amide bonds. The molecule has 1 aliphatic rings. The summed E-state index contributed by atoms with van der Waals surface area (Å²) in [6.45, 7) is 2.74. The van der Waals surface area contributed by atoms with Crippen LogP contribution in [0, 0.1) is 5.95 Å². The number of aromatic nitrogens is 1. The third-order valence-electron chi connectivity index (χ3n) is 3.30. The second-order valence-corrected chi connectivity index (χ2v) is 4.54. The number of nitrogens with zero attached hydrogens (tertiary/aromatic N) is 2. The predicted molar refractivity (Wildman–Crippen MR) is 63.2 cm³/mol. The van der Waals surface area contributed by atoms with Gasteiger partial charge in [0.2, 0.25) is 5.95 Å². The summed E-state index contributed by atoms with van der Waals surface area (Å²) in [7, 11) is 0. The first-order valence-electron chi connectivity index (χ1n) is 6.11. The fraction of sp³-hybridized carbons (Fsp3) is 0.538. The summed E-state index contributed by atoms with van der Waals surface area (Å²) in [5.74, 6) is -0.904. The Morgan fingerprint density at radius 3 is 3.06 bits per heavy atom. The zero-order valence-corrected chi connectivity index (χ0v) is 10.0. The number of carbonyl (C=O) groups excluding carboxylic acids is 1. The van der Waals surface area contributed by atoms with Gasteiger partial charge in [0.15, 0.2) is 0 Å². The minimum Gasteiger partial charge on any atom is -0.336 e. The monoisotopic (exact) mass is 236 g/mol. The molecule has 1 atom stereocenters. The fourth-order valence-electron chi connectivity index (χ4n) is 2.28. The highest BCUT2D eigenvalue weighted by atomic mass is 19.1. The van der Waals surface area contributed by atoms with Crippen molar-refractivity contribution in [1.82, 2.24) is 9.88 Å². The molecule has 0 N–H and O–H groups in total. The first-order chi connectivity index (χ1) is 8.20. The Bertz CT molecular complexity index is 408. The van der Waals surface area contributed by atoms with E-state index < -0.39 is 5.95 Å². The molecular formula is C13H17FN2O. The van der Waals surface area contributed by atoms with Gasteiger partial charge in [-0.2, -0.15) is 4.39 Å². The van der Waals surface area contributed by atoms with Crippen molar-refractivity contribution in [2.45, 2.75) is 38.6 Å². The number of hydrogen-bond acceptors (Lipinski definition) is 2. The largest absolute Gasteiger partial charge is 0.336 e. The van der Waals surface area contributed by atoms with Crippen molar-refractivity contribution < 1.29 is 9.18 Å². The maximum atomic E-state index is 13.5. The average molecular weight is 236 g/mol. The quantitative estimate of drug-likeness (QED) is 0.702. The Kier molecular flexibility index (Phi) is 3.71. The van der Waals surface area contributed by atoms with E-state index in [1.54, 1.807) is 11.0 Å². The molecule has 1 aliphatic heterocycles. The van der Waals surface area contributed by atoms with Crippen molar-refractivity contribution in [2.24, 2.45) is 0 Å². The number of pyridine rings is 1. The normalized spacial score (nSPS) is 21.1. The lowest BCUT2D eigenvalue weighted by Crippen LogP contribution is -2.38. The Labute approximate surface area is 101 Å². The molecule has 1 aromatic heterocycles. The van der Waals surface area contributed by atoms with Gasteiger partial charge < -0.3 is 4.90 Å². The van der Waals surface area contributed by atoms with Crippen molar-refractivity contribution in [3.63, 3.8) is 0 Å². The minimum absolute atomic E-state index is 0.0845. The molecular weight excluding hydrogens is 219 g/mol. The van der Waals surface area contributed by atoms with E-state index >= 15 is 0 Å². The summed E-state index contributed by atoms with van der Waals surface area (Å²) in [6.07, 6.45) is 5.63. The maximum Gasteiger partial charge on any atom is 0.258 e. The second-order valence-electron chi connectivity index (χ2n) is 4.54. The van der Waals surface area contributed by atoms with Gasteiger partial charge in [0.05, 0.1) is 5.56 Å². The van der Waals surface area contributed by atoms with Crippen molar-refractivity contribution in [2.75, 3.05) is 6.54 Å². The van der Waals surface area contributed by atoms with Crippen LogP contribution in [0.2, 0.25) is 0 Å². The molecule has 2 rings (SSSR count). The standard InChI is InChI=1S/C13H17FN2O/c1-10-6-3-2-4-9-16(10)13(17)11-7-5-8-15-12(11)14/h5,7-8,10H,2-4,6,9H2,1H3. The highest BCUT2D eigenvalue weighted by Crippen LogP contribution is 2.19. The van der Waals surface area contributed by atoms with Gasteiger partial charge >= 0.3 is 0 Å². The summed E-state index contributed by atoms with van der Waals surface area (Å²) in [6, 6.07) is 3.28. The average Bonchev–Trinajstić information content (AvgIpc) is 2.54. The first kappa shape index (κ1) is 12.0. The summed E-state index contributed by atoms with van der Waals surface area (Å²) in [5.41, 5.74) is 0.0845. The molecule has 1 aromatic rings. The highest BCUT2D eigenvalue weighted by molar-refractivity contribution is 5.94. The number of hydrogen-bond donors (Lipinski definition) is 0. The molecule has 2 heterocycles. The summed E-state index contributed by atoms with van der Waals surface area (Å²) >= 11 is 0. The van der Waals surface area contributed by atoms with Gasteiger partial charge in [-0.15, -0.1) is 0 Å². The molecule has 17 heavy (non-hydrogen) atoms. The van der Waals surface area contributed by atoms with Crippen molar-refractivity contribution >= 4 is 5.91 Å². The van der Waals surface area contributed by atoms with Gasteiger partial charge in [0, 0.05) is 18.8 Å². The van der Waals surface area contributed by atoms with Crippen LogP contribution in [-0.2, 0) is 0 Å². The summed E-state index contributed by atoms with van der Waals surface area (Å²) in [5, 5.41) is 0. The van der Waals surface area contributed by atoms with Gasteiger partial charge in [-0.3, -0.25) is 4.79 Å². The van der Waals surface area contributed by atoms with Crippen molar-refractivity contribution in [3.8, 4) is 0 Å². The second kappa shape index (κ2) is 5.25. The molecule has 1 saturated heterocycles. The number of halogens is 1. The molecule has 0 aliphatic carbocycles. The van der Waals surface area contributed by atoms with E-state index in [1.165, 1.54) is 12.3 Å². The predicted octanol–water partition coefficient (Wildman–Crippen LogP) is 2.63. The van der Waals surface area contributed by atoms with Gasteiger partial charge in [-0.05, 0) is 31.9 Å². The summed E-state index contributed by atoms with van der Waals surface area (Å²) < 4.78 is 13.5. The number of likely N-dealkylation sites (tertiary alicyclic amines) is 1. The van der Waals surface area contributed by atoms with E-state index in [2.05, 4.69) is 4.98 Å². The van der Waals surface area contributed by atoms with E-state index in [-0.39, 0.29) is 17.5 Å². The van der Waals surface area contributed by atoms with Gasteiger partial charge in [0.1, 0.15) is 0 Å². The van der Waals surface area contributed by atoms with Crippen LogP contribution in [0.25, 0.3) is 0 Å². The van der Waals surface area contributed by atoms with Crippen LogP contribution < -0.4 is 0 Å². The molecule has 3 nitrogen and oxygen atoms in total. The minimum atomic E-state index is -0.672. The molecule has 0 saturated carbocycles. The number of amides is 1. The van der Waals surface area contributed by atoms with Crippen LogP contribution in [0.1, 0.15) is 43.0 Å². The third-order valence-corrected chi connectivity index (χ3v) is 3.30. The van der Waals surface area contributed by atoms with Gasteiger partial charge in [0.25, 0.3) is 5.91 Å². The summed E-state index contributed by atoms with van der Waals surface area (Å²) in [4.78, 5) is 17.5. The molecule has 1 unspecified atom stereocenters. The lowest BCUT2D eigenvalue weighted by atomic mass is 10.1. The van der Waals surface area contributed by atoms with Gasteiger partial charge in [-0.25, -0.2) is 4.98 Å². The van der Waals surface area contributed by atoms with E-state index in [9.17, 15) is 9.18 Å². The molecule has 0 bridgehead atoms. The zero-order chi connectivity index (χ0) is 12.3. The van der Waals surface area contributed by atoms with Crippen LogP contribution in [-0.4, -0.2) is 28.4 Å². The van der Waals surface area contributed by atoms with Crippen LogP contribution in [0.15, 0.2) is 18.3 Å². The van der Waals surface area contributed by atoms with Crippen molar-refractivity contribution in [1.29, 1.82) is 0 Å². The SMILES string of the molecule is CC1CCCCCN1C(=O)c1cccnc1F. The Morgan fingerprint density at radius 2 is 2.29 bits per heavy atom. The van der Waals surface area contributed by atoms with Crippen LogP contribution in [0.4, 0.5) is 4.39 Å². The topological polar surface area (TPSA) is 33.2 Å². The van der Waals surface area contributed by atoms with Crippen LogP contribution in [0.3, 0.4) is 0 Å². The molecule has 0 spiro atoms. The van der Waals surface area contributed by atoms with Crippen molar-refractivity contribution in [3.05, 3.63) is 29.8 Å². The molecule has 0 radical (unpaired) electrons. The fourth-order valence-corrected chi connectivity index (χ4v) is 2.28. The van der Waals surface area contributed by atoms with E-state index in [4.69, 9.17) is 0 Å². The molecule has 0 aromatic carbocycles. The zero-order valence-electron chi connectivity index (χ0n) is 10.0. The first-order valence-corrected chi connectivity index (χ1v) is 6.11. The lowest BCUT2D eigenvalue weighted by Gasteiger charge is -2.27. The lowest BCUT2D eigenvalue weighted by molar-refractivity contribution is 0.0692. The Balaban J connectivity index is 2.21. The smallest absolute Gasteiger partial charge is 0.258 e. The number of rotatable bonds is 1. The molecule has 92 valence electrons. The maximum absolute atomic E-state index is 13.5. The molecule has 1 fully saturated rings. The van der Waals surface area contributed by atoms with E-state index in [0.717, 1.165) is 25.7 Å². The van der Waals surface area contributed by atoms with Crippen LogP contribution >= 0.6 is 0 Å². The van der Waals surface area contributed by atoms with Gasteiger partial charge in [-0.1, -0.05) is 12.8 Å². The number of carbonyl (C=O) groups is 1.